The smallest absolute Gasteiger partial charge is 0.416 e. The van der Waals surface area contributed by atoms with Gasteiger partial charge in [-0.25, -0.2) is 0 Å². The molecular formula is C18H20F3NO. The minimum absolute atomic E-state index is 0.0708. The summed E-state index contributed by atoms with van der Waals surface area (Å²) in [6.45, 7) is 6.42. The van der Waals surface area contributed by atoms with Gasteiger partial charge in [0.05, 0.1) is 5.56 Å². The van der Waals surface area contributed by atoms with Gasteiger partial charge >= 0.3 is 6.18 Å². The fraction of sp³-hybridized carbons (Fsp3) is 0.333. The lowest BCUT2D eigenvalue weighted by atomic mass is 9.86. The molecule has 23 heavy (non-hydrogen) atoms. The van der Waals surface area contributed by atoms with Crippen LogP contribution in [0.3, 0.4) is 0 Å². The number of rotatable bonds is 3. The fourth-order valence-electron chi connectivity index (χ4n) is 2.20. The predicted molar refractivity (Wildman–Crippen MR) is 85.6 cm³/mol. The van der Waals surface area contributed by atoms with Crippen molar-refractivity contribution in [2.24, 2.45) is 0 Å². The molecule has 124 valence electrons. The number of nitrogens with one attached hydrogen (secondary N) is 1. The van der Waals surface area contributed by atoms with E-state index in [-0.39, 0.29) is 17.7 Å². The van der Waals surface area contributed by atoms with Crippen molar-refractivity contribution in [1.29, 1.82) is 0 Å². The molecule has 0 spiro atoms. The Hall–Kier alpha value is -2.17. The highest BCUT2D eigenvalue weighted by atomic mass is 19.4. The molecule has 0 saturated carbocycles. The summed E-state index contributed by atoms with van der Waals surface area (Å²) >= 11 is 0. The van der Waals surface area contributed by atoms with E-state index < -0.39 is 11.7 Å². The van der Waals surface area contributed by atoms with E-state index >= 15 is 0 Å². The highest BCUT2D eigenvalue weighted by Crippen LogP contribution is 2.31. The van der Waals surface area contributed by atoms with Crippen molar-refractivity contribution in [3.63, 3.8) is 0 Å². The van der Waals surface area contributed by atoms with Crippen LogP contribution in [0, 0.1) is 0 Å². The van der Waals surface area contributed by atoms with Gasteiger partial charge in [0, 0.05) is 17.8 Å². The molecule has 5 heteroatoms. The third kappa shape index (κ3) is 4.41. The van der Waals surface area contributed by atoms with E-state index in [1.165, 1.54) is 6.07 Å². The van der Waals surface area contributed by atoms with Crippen molar-refractivity contribution in [2.45, 2.75) is 38.9 Å². The van der Waals surface area contributed by atoms with Crippen molar-refractivity contribution in [2.75, 3.05) is 5.32 Å². The van der Waals surface area contributed by atoms with Gasteiger partial charge in [0.2, 0.25) is 0 Å². The summed E-state index contributed by atoms with van der Waals surface area (Å²) < 4.78 is 38.1. The molecule has 0 fully saturated rings. The molecule has 2 aromatic rings. The molecule has 0 bridgehead atoms. The zero-order valence-electron chi connectivity index (χ0n) is 13.3. The van der Waals surface area contributed by atoms with Gasteiger partial charge in [0.25, 0.3) is 0 Å². The molecule has 0 amide bonds. The molecule has 2 rings (SSSR count). The van der Waals surface area contributed by atoms with Crippen LogP contribution in [0.5, 0.6) is 5.75 Å². The van der Waals surface area contributed by atoms with E-state index in [1.54, 1.807) is 12.1 Å². The van der Waals surface area contributed by atoms with Crippen LogP contribution in [0.4, 0.5) is 18.9 Å². The molecular weight excluding hydrogens is 303 g/mol. The molecule has 2 nitrogen and oxygen atoms in total. The van der Waals surface area contributed by atoms with Crippen molar-refractivity contribution in [3.05, 3.63) is 59.2 Å². The summed E-state index contributed by atoms with van der Waals surface area (Å²) in [4.78, 5) is 0. The lowest BCUT2D eigenvalue weighted by molar-refractivity contribution is -0.137. The number of anilines is 1. The van der Waals surface area contributed by atoms with Crippen LogP contribution in [0.2, 0.25) is 0 Å². The summed E-state index contributed by atoms with van der Waals surface area (Å²) in [6, 6.07) is 10.4. The molecule has 0 aromatic heterocycles. The normalized spacial score (nSPS) is 12.3. The van der Waals surface area contributed by atoms with Crippen LogP contribution in [-0.2, 0) is 18.1 Å². The molecule has 0 aliphatic rings. The van der Waals surface area contributed by atoms with Crippen LogP contribution in [-0.4, -0.2) is 5.11 Å². The lowest BCUT2D eigenvalue weighted by Crippen LogP contribution is -2.12. The quantitative estimate of drug-likeness (QED) is 0.801. The lowest BCUT2D eigenvalue weighted by Gasteiger charge is -2.20. The first-order valence-electron chi connectivity index (χ1n) is 7.31. The average molecular weight is 323 g/mol. The number of hydrogen-bond acceptors (Lipinski definition) is 2. The number of halogens is 3. The van der Waals surface area contributed by atoms with Crippen molar-refractivity contribution in [3.8, 4) is 5.75 Å². The molecule has 0 aliphatic heterocycles. The number of aromatic hydroxyl groups is 1. The third-order valence-electron chi connectivity index (χ3n) is 3.62. The van der Waals surface area contributed by atoms with Gasteiger partial charge in [0.1, 0.15) is 5.75 Å². The number of phenolic OH excluding ortho intramolecular Hbond substituents is 1. The van der Waals surface area contributed by atoms with Gasteiger partial charge in [-0.3, -0.25) is 0 Å². The Morgan fingerprint density at radius 2 is 1.65 bits per heavy atom. The highest BCUT2D eigenvalue weighted by molar-refractivity contribution is 5.48. The van der Waals surface area contributed by atoms with Gasteiger partial charge in [-0.15, -0.1) is 0 Å². The molecule has 2 aromatic carbocycles. The Balaban J connectivity index is 2.18. The fourth-order valence-corrected chi connectivity index (χ4v) is 2.20. The van der Waals surface area contributed by atoms with E-state index in [9.17, 15) is 18.3 Å². The second kappa shape index (κ2) is 6.14. The highest BCUT2D eigenvalue weighted by Gasteiger charge is 2.30. The van der Waals surface area contributed by atoms with Crippen molar-refractivity contribution >= 4 is 5.69 Å². The standard InChI is InChI=1S/C18H20F3NO/c1-17(2,3)13-7-8-16(23)12(9-13)11-22-15-6-4-5-14(10-15)18(19,20)21/h4-10,22-23H,11H2,1-3H3. The Morgan fingerprint density at radius 3 is 2.26 bits per heavy atom. The van der Waals surface area contributed by atoms with Gasteiger partial charge in [-0.2, -0.15) is 13.2 Å². The zero-order valence-corrected chi connectivity index (χ0v) is 13.3. The summed E-state index contributed by atoms with van der Waals surface area (Å²) in [5.41, 5.74) is 1.29. The van der Waals surface area contributed by atoms with Gasteiger partial charge < -0.3 is 10.4 Å². The van der Waals surface area contributed by atoms with Crippen LogP contribution in [0.1, 0.15) is 37.5 Å². The van der Waals surface area contributed by atoms with Crippen LogP contribution >= 0.6 is 0 Å². The predicted octanol–water partition coefficient (Wildman–Crippen LogP) is 5.32. The average Bonchev–Trinajstić information content (AvgIpc) is 2.44. The summed E-state index contributed by atoms with van der Waals surface area (Å²) in [5.74, 6) is 0.123. The Kier molecular flexibility index (Phi) is 4.59. The molecule has 0 aliphatic carbocycles. The first-order valence-corrected chi connectivity index (χ1v) is 7.31. The van der Waals surface area contributed by atoms with Crippen LogP contribution in [0.25, 0.3) is 0 Å². The minimum atomic E-state index is -4.37. The summed E-state index contributed by atoms with van der Waals surface area (Å²) in [7, 11) is 0. The largest absolute Gasteiger partial charge is 0.508 e. The van der Waals surface area contributed by atoms with E-state index in [0.29, 0.717) is 11.3 Å². The number of benzene rings is 2. The topological polar surface area (TPSA) is 32.3 Å². The first-order chi connectivity index (χ1) is 10.6. The van der Waals surface area contributed by atoms with Crippen LogP contribution < -0.4 is 5.32 Å². The number of hydrogen-bond donors (Lipinski definition) is 2. The van der Waals surface area contributed by atoms with Crippen LogP contribution in [0.15, 0.2) is 42.5 Å². The molecule has 0 saturated heterocycles. The minimum Gasteiger partial charge on any atom is -0.508 e. The Labute approximate surface area is 134 Å². The Morgan fingerprint density at radius 1 is 0.957 bits per heavy atom. The summed E-state index contributed by atoms with van der Waals surface area (Å²) in [6.07, 6.45) is -4.37. The van der Waals surface area contributed by atoms with E-state index in [1.807, 2.05) is 12.1 Å². The second-order valence-corrected chi connectivity index (χ2v) is 6.53. The van der Waals surface area contributed by atoms with Gasteiger partial charge in [0.15, 0.2) is 0 Å². The molecule has 0 heterocycles. The van der Waals surface area contributed by atoms with E-state index in [0.717, 1.165) is 17.7 Å². The molecule has 0 unspecified atom stereocenters. The maximum absolute atomic E-state index is 12.7. The molecule has 0 radical (unpaired) electrons. The summed E-state index contributed by atoms with van der Waals surface area (Å²) in [5, 5.41) is 12.9. The van der Waals surface area contributed by atoms with Crippen molar-refractivity contribution in [1.82, 2.24) is 0 Å². The second-order valence-electron chi connectivity index (χ2n) is 6.53. The van der Waals surface area contributed by atoms with E-state index in [4.69, 9.17) is 0 Å². The van der Waals surface area contributed by atoms with Crippen molar-refractivity contribution < 1.29 is 18.3 Å². The SMILES string of the molecule is CC(C)(C)c1ccc(O)c(CNc2cccc(C(F)(F)F)c2)c1. The maximum Gasteiger partial charge on any atom is 0.416 e. The first kappa shape index (κ1) is 17.2. The van der Waals surface area contributed by atoms with E-state index in [2.05, 4.69) is 26.1 Å². The zero-order chi connectivity index (χ0) is 17.3. The van der Waals surface area contributed by atoms with Gasteiger partial charge in [-0.05, 0) is 41.3 Å². The third-order valence-corrected chi connectivity index (χ3v) is 3.62. The maximum atomic E-state index is 12.7. The molecule has 0 atom stereocenters. The number of alkyl halides is 3. The Bertz CT molecular complexity index is 687. The monoisotopic (exact) mass is 323 g/mol. The van der Waals surface area contributed by atoms with Gasteiger partial charge in [-0.1, -0.05) is 32.9 Å². The number of phenols is 1. The molecule has 2 N–H and O–H groups in total.